The topological polar surface area (TPSA) is 75.7 Å². The summed E-state index contributed by atoms with van der Waals surface area (Å²) in [7, 11) is 0. The Morgan fingerprint density at radius 3 is 2.92 bits per heavy atom. The monoisotopic (exact) mass is 175 g/mol. The van der Waals surface area contributed by atoms with Crippen molar-refractivity contribution in [2.24, 2.45) is 5.73 Å². The van der Waals surface area contributed by atoms with Gasteiger partial charge in [-0.05, 0) is 26.3 Å². The van der Waals surface area contributed by atoms with Crippen molar-refractivity contribution in [3.63, 3.8) is 0 Å². The van der Waals surface area contributed by atoms with E-state index in [4.69, 9.17) is 10.5 Å². The lowest BCUT2D eigenvalue weighted by atomic mass is 9.98. The van der Waals surface area contributed by atoms with Crippen molar-refractivity contribution < 1.29 is 14.9 Å². The minimum atomic E-state index is -1.08. The highest BCUT2D eigenvalue weighted by Crippen LogP contribution is 2.27. The van der Waals surface area contributed by atoms with Gasteiger partial charge in [-0.15, -0.1) is 0 Å². The molecule has 1 saturated heterocycles. The van der Waals surface area contributed by atoms with E-state index < -0.39 is 11.9 Å². The van der Waals surface area contributed by atoms with Crippen LogP contribution in [0, 0.1) is 0 Å². The van der Waals surface area contributed by atoms with Crippen molar-refractivity contribution in [3.8, 4) is 0 Å². The van der Waals surface area contributed by atoms with Crippen LogP contribution in [0.25, 0.3) is 0 Å². The molecule has 0 spiro atoms. The fourth-order valence-electron chi connectivity index (χ4n) is 1.48. The molecule has 3 atom stereocenters. The van der Waals surface area contributed by atoms with Gasteiger partial charge in [-0.25, -0.2) is 0 Å². The lowest BCUT2D eigenvalue weighted by Gasteiger charge is -2.37. The van der Waals surface area contributed by atoms with Crippen LogP contribution in [0.2, 0.25) is 0 Å². The van der Waals surface area contributed by atoms with Gasteiger partial charge in [0.15, 0.2) is 5.79 Å². The average Bonchev–Trinajstić information content (AvgIpc) is 1.97. The third kappa shape index (κ3) is 2.42. The average molecular weight is 175 g/mol. The van der Waals surface area contributed by atoms with Crippen molar-refractivity contribution in [3.05, 3.63) is 0 Å². The molecule has 4 heteroatoms. The number of aliphatic hydroxyl groups excluding tert-OH is 1. The van der Waals surface area contributed by atoms with Crippen molar-refractivity contribution in [1.29, 1.82) is 0 Å². The number of aliphatic hydroxyl groups is 2. The quantitative estimate of drug-likeness (QED) is 0.533. The van der Waals surface area contributed by atoms with E-state index >= 15 is 0 Å². The fraction of sp³-hybridized carbons (Fsp3) is 1.00. The standard InChI is InChI=1S/C8H17NO3/c1-8(11)4-2-6(10)7(12-8)3-5-9/h6-7,10-11H,2-5,9H2,1H3/t6-,7?,8?/m1/s1. The van der Waals surface area contributed by atoms with Crippen molar-refractivity contribution in [1.82, 2.24) is 0 Å². The summed E-state index contributed by atoms with van der Waals surface area (Å²) in [5.41, 5.74) is 5.34. The summed E-state index contributed by atoms with van der Waals surface area (Å²) >= 11 is 0. The Hall–Kier alpha value is -0.160. The van der Waals surface area contributed by atoms with Gasteiger partial charge in [-0.2, -0.15) is 0 Å². The Balaban J connectivity index is 2.47. The predicted octanol–water partition coefficient (Wildman–Crippen LogP) is -0.416. The number of rotatable bonds is 2. The van der Waals surface area contributed by atoms with E-state index in [0.717, 1.165) is 0 Å². The van der Waals surface area contributed by atoms with Gasteiger partial charge in [-0.3, -0.25) is 0 Å². The molecule has 0 saturated carbocycles. The molecular weight excluding hydrogens is 158 g/mol. The van der Waals surface area contributed by atoms with Crippen LogP contribution in [0.4, 0.5) is 0 Å². The zero-order chi connectivity index (χ0) is 9.19. The minimum absolute atomic E-state index is 0.307. The second-order valence-electron chi connectivity index (χ2n) is 3.51. The second kappa shape index (κ2) is 3.70. The first kappa shape index (κ1) is 9.92. The molecule has 2 unspecified atom stereocenters. The third-order valence-electron chi connectivity index (χ3n) is 2.19. The number of nitrogens with two attached hydrogens (primary N) is 1. The molecule has 0 aromatic carbocycles. The van der Waals surface area contributed by atoms with Crippen LogP contribution in [0.15, 0.2) is 0 Å². The third-order valence-corrected chi connectivity index (χ3v) is 2.19. The molecule has 4 N–H and O–H groups in total. The van der Waals surface area contributed by atoms with Crippen LogP contribution in [0.1, 0.15) is 26.2 Å². The van der Waals surface area contributed by atoms with Crippen LogP contribution in [0.5, 0.6) is 0 Å². The first-order chi connectivity index (χ1) is 5.55. The number of ether oxygens (including phenoxy) is 1. The Morgan fingerprint density at radius 2 is 2.33 bits per heavy atom. The molecule has 1 aliphatic heterocycles. The molecule has 72 valence electrons. The van der Waals surface area contributed by atoms with Crippen molar-refractivity contribution in [2.75, 3.05) is 6.54 Å². The molecule has 0 radical (unpaired) electrons. The normalized spacial score (nSPS) is 43.0. The van der Waals surface area contributed by atoms with Gasteiger partial charge < -0.3 is 20.7 Å². The highest BCUT2D eigenvalue weighted by molar-refractivity contribution is 4.80. The largest absolute Gasteiger partial charge is 0.390 e. The van der Waals surface area contributed by atoms with Gasteiger partial charge in [0, 0.05) is 6.42 Å². The zero-order valence-corrected chi connectivity index (χ0v) is 7.36. The first-order valence-electron chi connectivity index (χ1n) is 4.33. The predicted molar refractivity (Wildman–Crippen MR) is 44.4 cm³/mol. The summed E-state index contributed by atoms with van der Waals surface area (Å²) in [4.78, 5) is 0. The van der Waals surface area contributed by atoms with Gasteiger partial charge in [0.25, 0.3) is 0 Å². The number of hydrogen-bond donors (Lipinski definition) is 3. The number of hydrogen-bond acceptors (Lipinski definition) is 4. The van der Waals surface area contributed by atoms with E-state index in [9.17, 15) is 10.2 Å². The highest BCUT2D eigenvalue weighted by atomic mass is 16.6. The lowest BCUT2D eigenvalue weighted by Crippen LogP contribution is -2.46. The summed E-state index contributed by atoms with van der Waals surface area (Å²) in [5, 5.41) is 19.0. The summed E-state index contributed by atoms with van der Waals surface area (Å²) in [6.45, 7) is 2.08. The molecule has 0 bridgehead atoms. The lowest BCUT2D eigenvalue weighted by molar-refractivity contribution is -0.266. The van der Waals surface area contributed by atoms with Gasteiger partial charge in [0.1, 0.15) is 0 Å². The first-order valence-corrected chi connectivity index (χ1v) is 4.33. The van der Waals surface area contributed by atoms with Crippen molar-refractivity contribution in [2.45, 2.75) is 44.2 Å². The van der Waals surface area contributed by atoms with E-state index in [2.05, 4.69) is 0 Å². The molecule has 0 amide bonds. The molecular formula is C8H17NO3. The van der Waals surface area contributed by atoms with Gasteiger partial charge >= 0.3 is 0 Å². The highest BCUT2D eigenvalue weighted by Gasteiger charge is 2.35. The van der Waals surface area contributed by atoms with E-state index in [1.54, 1.807) is 6.92 Å². The van der Waals surface area contributed by atoms with Crippen LogP contribution in [0.3, 0.4) is 0 Å². The van der Waals surface area contributed by atoms with Crippen LogP contribution >= 0.6 is 0 Å². The molecule has 1 aliphatic rings. The minimum Gasteiger partial charge on any atom is -0.390 e. The maximum atomic E-state index is 9.52. The molecule has 0 aromatic heterocycles. The van der Waals surface area contributed by atoms with E-state index in [0.29, 0.717) is 25.8 Å². The van der Waals surface area contributed by atoms with Gasteiger partial charge in [0.05, 0.1) is 12.2 Å². The molecule has 0 aliphatic carbocycles. The Kier molecular flexibility index (Phi) is 3.06. The summed E-state index contributed by atoms with van der Waals surface area (Å²) in [5.74, 6) is -1.08. The molecule has 12 heavy (non-hydrogen) atoms. The van der Waals surface area contributed by atoms with Gasteiger partial charge in [0.2, 0.25) is 0 Å². The maximum Gasteiger partial charge on any atom is 0.163 e. The Bertz CT molecular complexity index is 149. The van der Waals surface area contributed by atoms with Gasteiger partial charge in [-0.1, -0.05) is 0 Å². The van der Waals surface area contributed by atoms with Crippen LogP contribution in [-0.2, 0) is 4.74 Å². The molecule has 0 aromatic rings. The smallest absolute Gasteiger partial charge is 0.163 e. The molecule has 1 fully saturated rings. The molecule has 1 heterocycles. The second-order valence-corrected chi connectivity index (χ2v) is 3.51. The molecule has 4 nitrogen and oxygen atoms in total. The Labute approximate surface area is 72.3 Å². The van der Waals surface area contributed by atoms with E-state index in [1.807, 2.05) is 0 Å². The SMILES string of the molecule is CC1(O)CC[C@@H](O)C(CCN)O1. The van der Waals surface area contributed by atoms with E-state index in [-0.39, 0.29) is 6.10 Å². The summed E-state index contributed by atoms with van der Waals surface area (Å²) in [6, 6.07) is 0. The van der Waals surface area contributed by atoms with Crippen molar-refractivity contribution >= 4 is 0 Å². The zero-order valence-electron chi connectivity index (χ0n) is 7.36. The van der Waals surface area contributed by atoms with E-state index in [1.165, 1.54) is 0 Å². The van der Waals surface area contributed by atoms with Crippen LogP contribution in [-0.4, -0.2) is 34.8 Å². The Morgan fingerprint density at radius 1 is 1.67 bits per heavy atom. The fourth-order valence-corrected chi connectivity index (χ4v) is 1.48. The maximum absolute atomic E-state index is 9.52. The summed E-state index contributed by atoms with van der Waals surface area (Å²) < 4.78 is 5.25. The summed E-state index contributed by atoms with van der Waals surface area (Å²) in [6.07, 6.45) is 0.872. The van der Waals surface area contributed by atoms with Crippen LogP contribution < -0.4 is 5.73 Å². The molecule has 1 rings (SSSR count).